The van der Waals surface area contributed by atoms with E-state index in [4.69, 9.17) is 4.74 Å². The highest BCUT2D eigenvalue weighted by atomic mass is 32.2. The summed E-state index contributed by atoms with van der Waals surface area (Å²) in [5, 5.41) is 0. The lowest BCUT2D eigenvalue weighted by molar-refractivity contribution is 0.0741. The van der Waals surface area contributed by atoms with Gasteiger partial charge in [0.1, 0.15) is 5.75 Å². The summed E-state index contributed by atoms with van der Waals surface area (Å²) >= 11 is 0. The van der Waals surface area contributed by atoms with E-state index in [0.717, 1.165) is 11.3 Å². The lowest BCUT2D eigenvalue weighted by atomic mass is 10.0. The first-order chi connectivity index (χ1) is 11.7. The maximum absolute atomic E-state index is 12.8. The summed E-state index contributed by atoms with van der Waals surface area (Å²) in [5.41, 5.74) is 1.98. The molecule has 0 aliphatic rings. The topological polar surface area (TPSA) is 63.7 Å². The molecule has 0 spiro atoms. The molecule has 0 heterocycles. The molecule has 1 atom stereocenters. The molecule has 0 saturated carbocycles. The first-order valence-corrected chi connectivity index (χ1v) is 9.95. The molecule has 2 aromatic carbocycles. The number of ether oxygens (including phenoxy) is 1. The molecule has 0 radical (unpaired) electrons. The van der Waals surface area contributed by atoms with Crippen molar-refractivity contribution in [2.75, 3.05) is 20.4 Å². The predicted molar refractivity (Wildman–Crippen MR) is 98.5 cm³/mol. The molecule has 134 valence electrons. The molecule has 0 aliphatic heterocycles. The highest BCUT2D eigenvalue weighted by Crippen LogP contribution is 2.29. The number of carbonyl (C=O) groups is 1. The van der Waals surface area contributed by atoms with E-state index in [2.05, 4.69) is 0 Å². The number of carbonyl (C=O) groups excluding carboxylic acids is 1. The summed E-state index contributed by atoms with van der Waals surface area (Å²) in [6.07, 6.45) is 1.18. The van der Waals surface area contributed by atoms with Gasteiger partial charge in [-0.3, -0.25) is 4.79 Å². The summed E-state index contributed by atoms with van der Waals surface area (Å²) in [6, 6.07) is 14.1. The van der Waals surface area contributed by atoms with Gasteiger partial charge < -0.3 is 9.64 Å². The van der Waals surface area contributed by atoms with Crippen LogP contribution in [-0.2, 0) is 15.6 Å². The van der Waals surface area contributed by atoms with Crippen LogP contribution in [0.3, 0.4) is 0 Å². The second-order valence-corrected chi connectivity index (χ2v) is 8.24. The lowest BCUT2D eigenvalue weighted by Gasteiger charge is -2.26. The van der Waals surface area contributed by atoms with Crippen LogP contribution in [0.15, 0.2) is 48.5 Å². The number of rotatable bonds is 6. The predicted octanol–water partition coefficient (Wildman–Crippen LogP) is 3.07. The molecular weight excluding hydrogens is 338 g/mol. The maximum atomic E-state index is 12.8. The van der Waals surface area contributed by atoms with E-state index in [-0.39, 0.29) is 17.7 Å². The van der Waals surface area contributed by atoms with E-state index < -0.39 is 9.84 Å². The standard InChI is InChI=1S/C19H23NO4S/c1-14(17-10-5-6-11-18(17)24-3)20(2)19(21)16-9-7-8-15(12-16)13-25(4,22)23/h5-12,14H,13H2,1-4H3/t14-/m0/s1. The van der Waals surface area contributed by atoms with Crippen molar-refractivity contribution in [2.45, 2.75) is 18.7 Å². The zero-order valence-electron chi connectivity index (χ0n) is 14.9. The second kappa shape index (κ2) is 7.70. The number of nitrogens with zero attached hydrogens (tertiary/aromatic N) is 1. The molecule has 0 aromatic heterocycles. The quantitative estimate of drug-likeness (QED) is 0.793. The number of hydrogen-bond donors (Lipinski definition) is 0. The van der Waals surface area contributed by atoms with E-state index in [1.165, 1.54) is 6.26 Å². The lowest BCUT2D eigenvalue weighted by Crippen LogP contribution is -2.30. The van der Waals surface area contributed by atoms with Crippen LogP contribution in [0.5, 0.6) is 5.75 Å². The van der Waals surface area contributed by atoms with Crippen LogP contribution in [0.25, 0.3) is 0 Å². The van der Waals surface area contributed by atoms with E-state index in [1.54, 1.807) is 43.3 Å². The molecule has 1 amide bonds. The minimum atomic E-state index is -3.15. The normalized spacial score (nSPS) is 12.5. The van der Waals surface area contributed by atoms with E-state index >= 15 is 0 Å². The van der Waals surface area contributed by atoms with Crippen molar-refractivity contribution in [1.82, 2.24) is 4.90 Å². The summed E-state index contributed by atoms with van der Waals surface area (Å²) in [4.78, 5) is 14.4. The number of para-hydroxylation sites is 1. The van der Waals surface area contributed by atoms with Crippen molar-refractivity contribution in [2.24, 2.45) is 0 Å². The Kier molecular flexibility index (Phi) is 5.85. The van der Waals surface area contributed by atoms with Crippen LogP contribution in [0, 0.1) is 0 Å². The monoisotopic (exact) mass is 361 g/mol. The zero-order chi connectivity index (χ0) is 18.6. The number of hydrogen-bond acceptors (Lipinski definition) is 4. The Morgan fingerprint density at radius 1 is 1.16 bits per heavy atom. The minimum absolute atomic E-state index is 0.0834. The van der Waals surface area contributed by atoms with E-state index in [9.17, 15) is 13.2 Å². The van der Waals surface area contributed by atoms with Gasteiger partial charge in [-0.2, -0.15) is 0 Å². The van der Waals surface area contributed by atoms with Gasteiger partial charge in [0.25, 0.3) is 5.91 Å². The van der Waals surface area contributed by atoms with Crippen molar-refractivity contribution in [3.8, 4) is 5.75 Å². The van der Waals surface area contributed by atoms with Gasteiger partial charge in [0.15, 0.2) is 9.84 Å². The maximum Gasteiger partial charge on any atom is 0.254 e. The molecule has 25 heavy (non-hydrogen) atoms. The third-order valence-electron chi connectivity index (χ3n) is 4.09. The number of sulfone groups is 1. The molecule has 0 N–H and O–H groups in total. The summed E-state index contributed by atoms with van der Waals surface area (Å²) in [6.45, 7) is 1.93. The minimum Gasteiger partial charge on any atom is -0.496 e. The average Bonchev–Trinajstić information content (AvgIpc) is 2.58. The molecule has 0 fully saturated rings. The summed E-state index contributed by atoms with van der Waals surface area (Å²) in [7, 11) is 0.174. The molecule has 2 rings (SSSR count). The molecule has 0 unspecified atom stereocenters. The van der Waals surface area contributed by atoms with Crippen LogP contribution in [0.2, 0.25) is 0 Å². The molecule has 6 heteroatoms. The molecular formula is C19H23NO4S. The van der Waals surface area contributed by atoms with Gasteiger partial charge in [-0.05, 0) is 30.7 Å². The Labute approximate surface area is 149 Å². The van der Waals surface area contributed by atoms with E-state index in [0.29, 0.717) is 11.1 Å². The molecule has 2 aromatic rings. The van der Waals surface area contributed by atoms with Gasteiger partial charge in [0, 0.05) is 24.4 Å². The van der Waals surface area contributed by atoms with Crippen LogP contribution < -0.4 is 4.74 Å². The third-order valence-corrected chi connectivity index (χ3v) is 4.95. The third kappa shape index (κ3) is 4.82. The fraction of sp³-hybridized carbons (Fsp3) is 0.316. The van der Waals surface area contributed by atoms with Gasteiger partial charge in [0.2, 0.25) is 0 Å². The van der Waals surface area contributed by atoms with Crippen molar-refractivity contribution < 1.29 is 17.9 Å². The molecule has 0 aliphatic carbocycles. The fourth-order valence-electron chi connectivity index (χ4n) is 2.70. The Hall–Kier alpha value is -2.34. The number of benzene rings is 2. The summed E-state index contributed by atoms with van der Waals surface area (Å²) < 4.78 is 28.3. The Bertz CT molecular complexity index is 861. The fourth-order valence-corrected chi connectivity index (χ4v) is 3.48. The molecule has 5 nitrogen and oxygen atoms in total. The van der Waals surface area contributed by atoms with Gasteiger partial charge >= 0.3 is 0 Å². The highest BCUT2D eigenvalue weighted by molar-refractivity contribution is 7.89. The van der Waals surface area contributed by atoms with Gasteiger partial charge in [-0.15, -0.1) is 0 Å². The van der Waals surface area contributed by atoms with Crippen molar-refractivity contribution in [3.63, 3.8) is 0 Å². The van der Waals surface area contributed by atoms with Crippen LogP contribution >= 0.6 is 0 Å². The van der Waals surface area contributed by atoms with Gasteiger partial charge in [-0.25, -0.2) is 8.42 Å². The Balaban J connectivity index is 2.26. The van der Waals surface area contributed by atoms with Crippen molar-refractivity contribution >= 4 is 15.7 Å². The van der Waals surface area contributed by atoms with Gasteiger partial charge in [-0.1, -0.05) is 30.3 Å². The molecule has 0 saturated heterocycles. The second-order valence-electron chi connectivity index (χ2n) is 6.10. The van der Waals surface area contributed by atoms with E-state index in [1.807, 2.05) is 31.2 Å². The van der Waals surface area contributed by atoms with Crippen LogP contribution in [0.4, 0.5) is 0 Å². The van der Waals surface area contributed by atoms with Crippen LogP contribution in [-0.4, -0.2) is 39.6 Å². The van der Waals surface area contributed by atoms with Gasteiger partial charge in [0.05, 0.1) is 18.9 Å². The number of amides is 1. The smallest absolute Gasteiger partial charge is 0.254 e. The molecule has 0 bridgehead atoms. The first kappa shape index (κ1) is 19.0. The first-order valence-electron chi connectivity index (χ1n) is 7.89. The zero-order valence-corrected chi connectivity index (χ0v) is 15.7. The Morgan fingerprint density at radius 3 is 2.48 bits per heavy atom. The number of methoxy groups -OCH3 is 1. The summed E-state index contributed by atoms with van der Waals surface area (Å²) in [5.74, 6) is 0.467. The van der Waals surface area contributed by atoms with Crippen molar-refractivity contribution in [1.29, 1.82) is 0 Å². The SMILES string of the molecule is COc1ccccc1[C@H](C)N(C)C(=O)c1cccc(CS(C)(=O)=O)c1. The Morgan fingerprint density at radius 2 is 1.84 bits per heavy atom. The largest absolute Gasteiger partial charge is 0.496 e. The average molecular weight is 361 g/mol. The van der Waals surface area contributed by atoms with Crippen molar-refractivity contribution in [3.05, 3.63) is 65.2 Å². The highest BCUT2D eigenvalue weighted by Gasteiger charge is 2.21. The van der Waals surface area contributed by atoms with Crippen LogP contribution in [0.1, 0.15) is 34.5 Å².